The molecule has 0 saturated carbocycles. The van der Waals surface area contributed by atoms with Gasteiger partial charge in [-0.15, -0.1) is 6.42 Å². The van der Waals surface area contributed by atoms with Gasteiger partial charge in [-0.2, -0.15) is 0 Å². The van der Waals surface area contributed by atoms with E-state index in [0.717, 1.165) is 58.5 Å². The minimum Gasteiger partial charge on any atom is -0.317 e. The van der Waals surface area contributed by atoms with Crippen molar-refractivity contribution in [3.63, 3.8) is 0 Å². The fourth-order valence-electron chi connectivity index (χ4n) is 6.85. The lowest BCUT2D eigenvalue weighted by molar-refractivity contribution is 0.954. The van der Waals surface area contributed by atoms with E-state index in [4.69, 9.17) is 6.42 Å². The zero-order chi connectivity index (χ0) is 43.7. The number of nitrogens with zero attached hydrogens (tertiary/aromatic N) is 5. The van der Waals surface area contributed by atoms with Gasteiger partial charge in [-0.3, -0.25) is 15.0 Å². The van der Waals surface area contributed by atoms with E-state index in [1.807, 2.05) is 91.9 Å². The monoisotopic (exact) mass is 799 g/mol. The number of terminal acetylenes is 1. The molecule has 0 atom stereocenters. The number of aliphatic imine (C=N–C) groups is 3. The Bertz CT molecular complexity index is 2580. The van der Waals surface area contributed by atoms with Crippen LogP contribution in [0.5, 0.6) is 0 Å². The van der Waals surface area contributed by atoms with Gasteiger partial charge in [0.2, 0.25) is 0 Å². The molecule has 0 spiro atoms. The van der Waals surface area contributed by atoms with Crippen LogP contribution in [0.1, 0.15) is 64.7 Å². The fraction of sp³-hybridized carbons (Fsp3) is 0.125. The number of unbranched alkanes of at least 4 members (excludes halogenated alkanes) is 1. The van der Waals surface area contributed by atoms with Gasteiger partial charge in [-0.1, -0.05) is 152 Å². The van der Waals surface area contributed by atoms with Gasteiger partial charge in [0, 0.05) is 45.5 Å². The van der Waals surface area contributed by atoms with Crippen LogP contribution >= 0.6 is 0 Å². The molecular formula is C56H57N5. The molecule has 6 rings (SSSR count). The Labute approximate surface area is 364 Å². The summed E-state index contributed by atoms with van der Waals surface area (Å²) in [5.74, 6) is 2.95. The Kier molecular flexibility index (Phi) is 19.5. The highest BCUT2D eigenvalue weighted by Gasteiger charge is 2.16. The van der Waals surface area contributed by atoms with Crippen LogP contribution < -0.4 is 0 Å². The van der Waals surface area contributed by atoms with Crippen molar-refractivity contribution in [3.05, 3.63) is 222 Å². The molecule has 0 fully saturated rings. The van der Waals surface area contributed by atoms with Crippen molar-refractivity contribution < 1.29 is 0 Å². The highest BCUT2D eigenvalue weighted by molar-refractivity contribution is 5.92. The predicted molar refractivity (Wildman–Crippen MR) is 269 cm³/mol. The van der Waals surface area contributed by atoms with Crippen molar-refractivity contribution in [2.24, 2.45) is 15.0 Å². The maximum absolute atomic E-state index is 6.04. The van der Waals surface area contributed by atoms with Crippen LogP contribution in [0.15, 0.2) is 192 Å². The van der Waals surface area contributed by atoms with Gasteiger partial charge in [0.25, 0.3) is 0 Å². The largest absolute Gasteiger partial charge is 0.317 e. The molecule has 0 aliphatic carbocycles. The normalized spacial score (nSPS) is 11.3. The highest BCUT2D eigenvalue weighted by Crippen LogP contribution is 2.31. The number of rotatable bonds is 16. The average Bonchev–Trinajstić information content (AvgIpc) is 3.73. The number of hydrogen-bond acceptors (Lipinski definition) is 3. The van der Waals surface area contributed by atoms with Crippen LogP contribution in [0.3, 0.4) is 0 Å². The van der Waals surface area contributed by atoms with Crippen LogP contribution in [0, 0.1) is 26.2 Å². The Morgan fingerprint density at radius 2 is 1.21 bits per heavy atom. The molecule has 61 heavy (non-hydrogen) atoms. The molecular weight excluding hydrogens is 743 g/mol. The van der Waals surface area contributed by atoms with E-state index in [0.29, 0.717) is 6.54 Å². The Balaban J connectivity index is 0.000000376. The summed E-state index contributed by atoms with van der Waals surface area (Å²) < 4.78 is 4.57. The first-order chi connectivity index (χ1) is 29.9. The Morgan fingerprint density at radius 3 is 1.87 bits per heavy atom. The van der Waals surface area contributed by atoms with E-state index in [1.165, 1.54) is 28.1 Å². The van der Waals surface area contributed by atoms with Gasteiger partial charge in [0.1, 0.15) is 0 Å². The summed E-state index contributed by atoms with van der Waals surface area (Å²) in [5, 5.41) is 1.09. The summed E-state index contributed by atoms with van der Waals surface area (Å²) >= 11 is 0. The summed E-state index contributed by atoms with van der Waals surface area (Å²) in [6, 6.07) is 37.3. The van der Waals surface area contributed by atoms with Crippen LogP contribution in [-0.4, -0.2) is 29.3 Å². The van der Waals surface area contributed by atoms with Crippen LogP contribution in [-0.2, 0) is 13.1 Å². The maximum Gasteiger partial charge on any atom is 0.0633 e. The van der Waals surface area contributed by atoms with E-state index in [-0.39, 0.29) is 0 Å². The molecule has 4 aromatic carbocycles. The average molecular weight is 800 g/mol. The first kappa shape index (κ1) is 46.1. The van der Waals surface area contributed by atoms with Crippen molar-refractivity contribution in [2.45, 2.75) is 46.7 Å². The summed E-state index contributed by atoms with van der Waals surface area (Å²) in [7, 11) is 0. The van der Waals surface area contributed by atoms with Gasteiger partial charge >= 0.3 is 0 Å². The molecule has 0 radical (unpaired) electrons. The van der Waals surface area contributed by atoms with E-state index >= 15 is 0 Å². The zero-order valence-electron chi connectivity index (χ0n) is 35.9. The molecule has 2 heterocycles. The van der Waals surface area contributed by atoms with Crippen molar-refractivity contribution in [1.82, 2.24) is 9.13 Å². The van der Waals surface area contributed by atoms with Crippen molar-refractivity contribution in [2.75, 3.05) is 0 Å². The number of allylic oxidation sites excluding steroid dienone is 9. The molecule has 5 heteroatoms. The summed E-state index contributed by atoms with van der Waals surface area (Å²) in [6.45, 7) is 21.9. The maximum atomic E-state index is 6.04. The van der Waals surface area contributed by atoms with E-state index in [1.54, 1.807) is 6.20 Å². The third-order valence-corrected chi connectivity index (χ3v) is 9.59. The van der Waals surface area contributed by atoms with Crippen LogP contribution in [0.4, 0.5) is 0 Å². The number of para-hydroxylation sites is 2. The first-order valence-corrected chi connectivity index (χ1v) is 20.3. The summed E-state index contributed by atoms with van der Waals surface area (Å²) in [6.07, 6.45) is 33.9. The van der Waals surface area contributed by atoms with Gasteiger partial charge < -0.3 is 9.13 Å². The molecule has 306 valence electrons. The molecule has 0 amide bonds. The second kappa shape index (κ2) is 25.7. The molecule has 6 aromatic rings. The smallest absolute Gasteiger partial charge is 0.0633 e. The van der Waals surface area contributed by atoms with Crippen molar-refractivity contribution in [3.8, 4) is 23.7 Å². The molecule has 0 aliphatic heterocycles. The minimum atomic E-state index is 0.603. The second-order valence-corrected chi connectivity index (χ2v) is 13.8. The lowest BCUT2D eigenvalue weighted by Gasteiger charge is -2.11. The highest BCUT2D eigenvalue weighted by atomic mass is 15.0. The summed E-state index contributed by atoms with van der Waals surface area (Å²) in [5.41, 5.74) is 12.5. The number of fused-ring (bicyclic) bond motifs is 1. The van der Waals surface area contributed by atoms with Gasteiger partial charge in [0.05, 0.1) is 29.9 Å². The quantitative estimate of drug-likeness (QED) is 0.0405. The number of aromatic nitrogens is 2. The number of benzene rings is 4. The molecule has 2 aromatic heterocycles. The second-order valence-electron chi connectivity index (χ2n) is 13.8. The van der Waals surface area contributed by atoms with E-state index in [2.05, 4.69) is 168 Å². The third-order valence-electron chi connectivity index (χ3n) is 9.59. The zero-order valence-corrected chi connectivity index (χ0v) is 35.9. The standard InChI is InChI=1S/C40H37N3.C8H9N.C8H11N/c1-6-8-23-36-30(3)42(34-22-18-19-32(28-34)29-41-5)31(4)37(36)24-14-9-10-15-26-39-35(7-2)38-25-16-17-27-40(38)43(39)33-20-12-11-13-21-33;1-9-7-8-5-3-2-4-6-8;1-3-4-5-6-7-8-9-2/h2,6,8,11-28H,1,5,9-10,29H2,3-4H3;2-6H,1,7H2;3-8H,2H2,1H3/b23-8-,24-14-,26-15-;;4-3+,6-5-,8-7-. The molecule has 0 bridgehead atoms. The predicted octanol–water partition coefficient (Wildman–Crippen LogP) is 14.1. The topological polar surface area (TPSA) is 46.9 Å². The molecule has 0 N–H and O–H groups in total. The van der Waals surface area contributed by atoms with E-state index < -0.39 is 0 Å². The van der Waals surface area contributed by atoms with Crippen LogP contribution in [0.25, 0.3) is 40.5 Å². The van der Waals surface area contributed by atoms with Crippen molar-refractivity contribution in [1.29, 1.82) is 0 Å². The lowest BCUT2D eigenvalue weighted by Crippen LogP contribution is -2.00. The van der Waals surface area contributed by atoms with E-state index in [9.17, 15) is 0 Å². The molecule has 0 saturated heterocycles. The molecule has 0 unspecified atom stereocenters. The Hall–Kier alpha value is -7.55. The molecule has 5 nitrogen and oxygen atoms in total. The summed E-state index contributed by atoms with van der Waals surface area (Å²) in [4.78, 5) is 11.3. The van der Waals surface area contributed by atoms with Gasteiger partial charge in [0.15, 0.2) is 0 Å². The Morgan fingerprint density at radius 1 is 0.623 bits per heavy atom. The van der Waals surface area contributed by atoms with Crippen molar-refractivity contribution >= 4 is 49.3 Å². The minimum absolute atomic E-state index is 0.603. The third kappa shape index (κ3) is 13.2. The lowest BCUT2D eigenvalue weighted by atomic mass is 10.1. The molecule has 0 aliphatic rings. The SMILES string of the molecule is C#Cc1c(/C=C\CC/C=C\c2c(/C=C\C=C)c(C)n(-c3cccc(CN=C)c3)c2C)n(-c2ccccc2)c2ccccc12.C=NCc1ccccc1.C=N\C=C/C=C\C=C\C. The first-order valence-electron chi connectivity index (χ1n) is 20.3. The van der Waals surface area contributed by atoms with Gasteiger partial charge in [-0.25, -0.2) is 0 Å². The van der Waals surface area contributed by atoms with Crippen LogP contribution in [0.2, 0.25) is 0 Å². The van der Waals surface area contributed by atoms with Gasteiger partial charge in [-0.05, 0) is 107 Å². The fourth-order valence-corrected chi connectivity index (χ4v) is 6.85. The number of hydrogen-bond donors (Lipinski definition) is 0.